The highest BCUT2D eigenvalue weighted by molar-refractivity contribution is 7.99. The maximum Gasteiger partial charge on any atom is 0.256 e. The van der Waals surface area contributed by atoms with Crippen LogP contribution >= 0.6 is 11.8 Å². The van der Waals surface area contributed by atoms with Crippen LogP contribution in [0.3, 0.4) is 0 Å². The lowest BCUT2D eigenvalue weighted by Gasteiger charge is -2.35. The van der Waals surface area contributed by atoms with E-state index in [9.17, 15) is 4.79 Å². The molecule has 2 aliphatic rings. The summed E-state index contributed by atoms with van der Waals surface area (Å²) >= 11 is 1.53. The van der Waals surface area contributed by atoms with Crippen LogP contribution in [0, 0.1) is 0 Å². The first kappa shape index (κ1) is 19.9. The molecule has 5 rings (SSSR count). The fourth-order valence-electron chi connectivity index (χ4n) is 3.81. The lowest BCUT2D eigenvalue weighted by Crippen LogP contribution is -2.48. The average molecular weight is 434 g/mol. The number of ether oxygens (including phenoxy) is 2. The minimum Gasteiger partial charge on any atom is -0.454 e. The van der Waals surface area contributed by atoms with Gasteiger partial charge in [0.15, 0.2) is 11.5 Å². The first-order valence-corrected chi connectivity index (χ1v) is 11.2. The van der Waals surface area contributed by atoms with Crippen molar-refractivity contribution in [2.24, 2.45) is 0 Å². The van der Waals surface area contributed by atoms with E-state index in [4.69, 9.17) is 9.47 Å². The molecule has 2 aliphatic heterocycles. The van der Waals surface area contributed by atoms with Gasteiger partial charge in [-0.3, -0.25) is 9.69 Å². The number of pyridine rings is 1. The van der Waals surface area contributed by atoms with Gasteiger partial charge in [-0.25, -0.2) is 4.98 Å². The molecule has 0 unspecified atom stereocenters. The van der Waals surface area contributed by atoms with Crippen LogP contribution in [-0.2, 0) is 6.54 Å². The number of amides is 1. The Hall–Kier alpha value is -3.03. The largest absolute Gasteiger partial charge is 0.454 e. The van der Waals surface area contributed by atoms with E-state index in [0.717, 1.165) is 41.1 Å². The Morgan fingerprint density at radius 3 is 2.58 bits per heavy atom. The number of fused-ring (bicyclic) bond motifs is 1. The molecule has 6 nitrogen and oxygen atoms in total. The number of aromatic nitrogens is 1. The van der Waals surface area contributed by atoms with Gasteiger partial charge in [-0.05, 0) is 42.0 Å². The van der Waals surface area contributed by atoms with Gasteiger partial charge in [0.05, 0.1) is 5.56 Å². The summed E-state index contributed by atoms with van der Waals surface area (Å²) in [5, 5.41) is 0.751. The third-order valence-electron chi connectivity index (χ3n) is 5.46. The van der Waals surface area contributed by atoms with Gasteiger partial charge < -0.3 is 14.4 Å². The zero-order chi connectivity index (χ0) is 21.0. The number of benzene rings is 2. The molecule has 0 atom stereocenters. The molecule has 1 fully saturated rings. The number of piperazine rings is 1. The van der Waals surface area contributed by atoms with Gasteiger partial charge in [-0.1, -0.05) is 36.0 Å². The Morgan fingerprint density at radius 1 is 0.935 bits per heavy atom. The summed E-state index contributed by atoms with van der Waals surface area (Å²) in [5.74, 6) is 1.67. The number of rotatable bonds is 5. The van der Waals surface area contributed by atoms with Gasteiger partial charge in [0, 0.05) is 43.8 Å². The van der Waals surface area contributed by atoms with Crippen LogP contribution in [0.5, 0.6) is 11.5 Å². The Morgan fingerprint density at radius 2 is 1.74 bits per heavy atom. The van der Waals surface area contributed by atoms with Crippen molar-refractivity contribution >= 4 is 17.7 Å². The van der Waals surface area contributed by atoms with Gasteiger partial charge in [0.25, 0.3) is 5.91 Å². The van der Waals surface area contributed by atoms with Gasteiger partial charge in [-0.2, -0.15) is 0 Å². The Balaban J connectivity index is 1.21. The molecule has 0 saturated carbocycles. The predicted octanol–water partition coefficient (Wildman–Crippen LogP) is 3.92. The van der Waals surface area contributed by atoms with E-state index in [1.54, 1.807) is 6.20 Å². The van der Waals surface area contributed by atoms with Gasteiger partial charge in [0.1, 0.15) is 5.03 Å². The van der Waals surface area contributed by atoms with Crippen LogP contribution in [0.4, 0.5) is 0 Å². The van der Waals surface area contributed by atoms with Crippen LogP contribution in [-0.4, -0.2) is 53.7 Å². The summed E-state index contributed by atoms with van der Waals surface area (Å²) in [4.78, 5) is 23.1. The molecule has 0 spiro atoms. The summed E-state index contributed by atoms with van der Waals surface area (Å²) in [6.45, 7) is 4.20. The lowest BCUT2D eigenvalue weighted by atomic mass is 10.1. The lowest BCUT2D eigenvalue weighted by molar-refractivity contribution is 0.0624. The van der Waals surface area contributed by atoms with E-state index in [1.165, 1.54) is 17.3 Å². The second kappa shape index (κ2) is 8.99. The summed E-state index contributed by atoms with van der Waals surface area (Å²) < 4.78 is 10.9. The number of hydrogen-bond donors (Lipinski definition) is 0. The van der Waals surface area contributed by atoms with Crippen LogP contribution in [0.25, 0.3) is 0 Å². The molecule has 3 heterocycles. The zero-order valence-electron chi connectivity index (χ0n) is 17.1. The maximum absolute atomic E-state index is 13.2. The second-order valence-electron chi connectivity index (χ2n) is 7.53. The van der Waals surface area contributed by atoms with Gasteiger partial charge >= 0.3 is 0 Å². The summed E-state index contributed by atoms with van der Waals surface area (Å²) in [6, 6.07) is 19.8. The van der Waals surface area contributed by atoms with E-state index >= 15 is 0 Å². The molecule has 0 N–H and O–H groups in total. The van der Waals surface area contributed by atoms with Crippen LogP contribution in [0.15, 0.2) is 76.8 Å². The second-order valence-corrected chi connectivity index (χ2v) is 8.59. The van der Waals surface area contributed by atoms with Crippen molar-refractivity contribution in [2.45, 2.75) is 16.5 Å². The van der Waals surface area contributed by atoms with E-state index in [-0.39, 0.29) is 5.91 Å². The molecule has 3 aromatic rings. The van der Waals surface area contributed by atoms with Crippen molar-refractivity contribution in [3.63, 3.8) is 0 Å². The maximum atomic E-state index is 13.2. The number of nitrogens with zero attached hydrogens (tertiary/aromatic N) is 3. The minimum absolute atomic E-state index is 0.0502. The number of carbonyl (C=O) groups excluding carboxylic acids is 1. The predicted molar refractivity (Wildman–Crippen MR) is 119 cm³/mol. The number of hydrogen-bond acceptors (Lipinski definition) is 6. The van der Waals surface area contributed by atoms with Crippen molar-refractivity contribution < 1.29 is 14.3 Å². The molecular formula is C24H23N3O3S. The van der Waals surface area contributed by atoms with Crippen molar-refractivity contribution in [3.05, 3.63) is 78.0 Å². The first-order valence-electron chi connectivity index (χ1n) is 10.3. The third kappa shape index (κ3) is 4.52. The van der Waals surface area contributed by atoms with Crippen molar-refractivity contribution in [2.75, 3.05) is 33.0 Å². The quantitative estimate of drug-likeness (QED) is 0.608. The molecule has 1 saturated heterocycles. The molecule has 0 bridgehead atoms. The van der Waals surface area contributed by atoms with E-state index in [2.05, 4.69) is 16.0 Å². The summed E-state index contributed by atoms with van der Waals surface area (Å²) in [6.07, 6.45) is 1.74. The average Bonchev–Trinajstić information content (AvgIpc) is 3.28. The highest BCUT2D eigenvalue weighted by Gasteiger charge is 2.25. The Bertz CT molecular complexity index is 1070. The summed E-state index contributed by atoms with van der Waals surface area (Å²) in [5.41, 5.74) is 1.86. The van der Waals surface area contributed by atoms with Crippen molar-refractivity contribution in [1.29, 1.82) is 0 Å². The van der Waals surface area contributed by atoms with Crippen molar-refractivity contribution in [3.8, 4) is 11.5 Å². The minimum atomic E-state index is 0.0502. The van der Waals surface area contributed by atoms with E-state index in [0.29, 0.717) is 25.4 Å². The Labute approximate surface area is 185 Å². The fourth-order valence-corrected chi connectivity index (χ4v) is 4.71. The third-order valence-corrected chi connectivity index (χ3v) is 6.49. The SMILES string of the molecule is O=C(c1cccnc1Sc1ccccc1)N1CCN(Cc2ccc3c(c2)OCO3)CC1. The molecule has 0 radical (unpaired) electrons. The molecule has 2 aromatic carbocycles. The van der Waals surface area contributed by atoms with Gasteiger partial charge in [0.2, 0.25) is 6.79 Å². The molecule has 1 amide bonds. The van der Waals surface area contributed by atoms with Gasteiger partial charge in [-0.15, -0.1) is 0 Å². The standard InChI is InChI=1S/C24H23N3O3S/c28-24(20-7-4-10-25-23(20)31-19-5-2-1-3-6-19)27-13-11-26(12-14-27)16-18-8-9-21-22(15-18)30-17-29-21/h1-10,15H,11-14,16-17H2. The normalized spacial score (nSPS) is 15.8. The first-order chi connectivity index (χ1) is 15.3. The smallest absolute Gasteiger partial charge is 0.256 e. The monoisotopic (exact) mass is 433 g/mol. The summed E-state index contributed by atoms with van der Waals surface area (Å²) in [7, 11) is 0. The number of carbonyl (C=O) groups is 1. The van der Waals surface area contributed by atoms with Crippen LogP contribution < -0.4 is 9.47 Å². The molecule has 7 heteroatoms. The van der Waals surface area contributed by atoms with Crippen LogP contribution in [0.2, 0.25) is 0 Å². The Kier molecular flexibility index (Phi) is 5.78. The molecular weight excluding hydrogens is 410 g/mol. The van der Waals surface area contributed by atoms with E-state index < -0.39 is 0 Å². The molecule has 1 aromatic heterocycles. The van der Waals surface area contributed by atoms with Crippen LogP contribution in [0.1, 0.15) is 15.9 Å². The molecule has 158 valence electrons. The highest BCUT2D eigenvalue weighted by atomic mass is 32.2. The fraction of sp³-hybridized carbons (Fsp3) is 0.250. The highest BCUT2D eigenvalue weighted by Crippen LogP contribution is 2.33. The van der Waals surface area contributed by atoms with Crippen molar-refractivity contribution in [1.82, 2.24) is 14.8 Å². The molecule has 0 aliphatic carbocycles. The molecule has 31 heavy (non-hydrogen) atoms. The van der Waals surface area contributed by atoms with E-state index in [1.807, 2.05) is 59.5 Å². The zero-order valence-corrected chi connectivity index (χ0v) is 17.9. The topological polar surface area (TPSA) is 54.9 Å².